The highest BCUT2D eigenvalue weighted by molar-refractivity contribution is 9.10. The number of carbonyl (C=O) groups excluding carboxylic acids is 1. The number of amides is 1. The zero-order valence-electron chi connectivity index (χ0n) is 12.0. The molecule has 0 unspecified atom stereocenters. The van der Waals surface area contributed by atoms with Crippen molar-refractivity contribution in [3.05, 3.63) is 68.2 Å². The first-order valence-corrected chi connectivity index (χ1v) is 7.22. The number of nitro benzene ring substituents is 1. The highest BCUT2D eigenvalue weighted by atomic mass is 79.9. The Morgan fingerprint density at radius 1 is 1.35 bits per heavy atom. The number of carbonyl (C=O) groups is 1. The van der Waals surface area contributed by atoms with E-state index in [1.807, 2.05) is 0 Å². The van der Waals surface area contributed by atoms with E-state index in [0.717, 1.165) is 0 Å². The first kappa shape index (κ1) is 16.6. The molecule has 0 aliphatic rings. The maximum absolute atomic E-state index is 12.1. The van der Waals surface area contributed by atoms with Gasteiger partial charge in [-0.3, -0.25) is 14.9 Å². The summed E-state index contributed by atoms with van der Waals surface area (Å²) >= 11 is 3.27. The third-order valence-electron chi connectivity index (χ3n) is 2.92. The molecule has 0 bridgehead atoms. The number of halogens is 1. The average Bonchev–Trinajstić information content (AvgIpc) is 2.55. The van der Waals surface area contributed by atoms with Gasteiger partial charge in [0.05, 0.1) is 29.4 Å². The Balaban J connectivity index is 2.15. The Hall–Kier alpha value is -2.74. The molecule has 0 atom stereocenters. The monoisotopic (exact) mass is 377 g/mol. The van der Waals surface area contributed by atoms with Crippen molar-refractivity contribution in [3.8, 4) is 5.75 Å². The van der Waals surface area contributed by atoms with Crippen molar-refractivity contribution in [2.75, 3.05) is 7.11 Å². The van der Waals surface area contributed by atoms with Crippen molar-refractivity contribution in [2.24, 2.45) is 5.10 Å². The molecule has 8 heteroatoms. The van der Waals surface area contributed by atoms with Crippen molar-refractivity contribution in [2.45, 2.75) is 0 Å². The van der Waals surface area contributed by atoms with Gasteiger partial charge in [-0.1, -0.05) is 12.1 Å². The molecule has 0 radical (unpaired) electrons. The molecule has 1 N–H and O–H groups in total. The summed E-state index contributed by atoms with van der Waals surface area (Å²) in [6, 6.07) is 11.0. The molecule has 2 aromatic rings. The standard InChI is InChI=1S/C15H12BrN3O4/c1-23-11-6-7-13(16)12(8-11)15(20)18-17-9-10-4-2-3-5-14(10)19(21)22/h2-9H,1H3,(H,18,20)/b17-9+. The lowest BCUT2D eigenvalue weighted by Gasteiger charge is -2.05. The van der Waals surface area contributed by atoms with Crippen molar-refractivity contribution in [1.82, 2.24) is 5.43 Å². The van der Waals surface area contributed by atoms with Gasteiger partial charge in [-0.15, -0.1) is 0 Å². The quantitative estimate of drug-likeness (QED) is 0.491. The fourth-order valence-electron chi connectivity index (χ4n) is 1.79. The number of nitro groups is 1. The van der Waals surface area contributed by atoms with Crippen molar-refractivity contribution >= 4 is 33.7 Å². The Kier molecular flexibility index (Phi) is 5.42. The molecule has 1 amide bonds. The summed E-state index contributed by atoms with van der Waals surface area (Å²) in [6.07, 6.45) is 1.23. The molecule has 2 aromatic carbocycles. The molecule has 7 nitrogen and oxygen atoms in total. The molecule has 118 valence electrons. The molecular weight excluding hydrogens is 366 g/mol. The van der Waals surface area contributed by atoms with Gasteiger partial charge in [0.15, 0.2) is 0 Å². The van der Waals surface area contributed by atoms with Gasteiger partial charge in [-0.25, -0.2) is 5.43 Å². The summed E-state index contributed by atoms with van der Waals surface area (Å²) in [7, 11) is 1.50. The van der Waals surface area contributed by atoms with Gasteiger partial charge in [0.25, 0.3) is 11.6 Å². The number of rotatable bonds is 5. The largest absolute Gasteiger partial charge is 0.497 e. The smallest absolute Gasteiger partial charge is 0.278 e. The summed E-state index contributed by atoms with van der Waals surface area (Å²) in [6.45, 7) is 0. The van der Waals surface area contributed by atoms with E-state index in [-0.39, 0.29) is 5.69 Å². The lowest BCUT2D eigenvalue weighted by Crippen LogP contribution is -2.18. The minimum atomic E-state index is -0.512. The first-order valence-electron chi connectivity index (χ1n) is 6.43. The normalized spacial score (nSPS) is 10.5. The number of ether oxygens (including phenoxy) is 1. The van der Waals surface area contributed by atoms with E-state index in [1.165, 1.54) is 25.5 Å². The third kappa shape index (κ3) is 4.13. The molecule has 23 heavy (non-hydrogen) atoms. The van der Waals surface area contributed by atoms with Gasteiger partial charge in [0.2, 0.25) is 0 Å². The minimum Gasteiger partial charge on any atom is -0.497 e. The summed E-state index contributed by atoms with van der Waals surface area (Å²) in [5, 5.41) is 14.7. The van der Waals surface area contributed by atoms with Crippen LogP contribution in [0.25, 0.3) is 0 Å². The topological polar surface area (TPSA) is 93.8 Å². The number of nitrogens with zero attached hydrogens (tertiary/aromatic N) is 2. The van der Waals surface area contributed by atoms with E-state index in [9.17, 15) is 14.9 Å². The third-order valence-corrected chi connectivity index (χ3v) is 3.61. The van der Waals surface area contributed by atoms with Crippen LogP contribution in [-0.4, -0.2) is 24.2 Å². The number of hydrogen-bond acceptors (Lipinski definition) is 5. The number of methoxy groups -OCH3 is 1. The van der Waals surface area contributed by atoms with Gasteiger partial charge in [0, 0.05) is 10.5 Å². The molecule has 0 saturated carbocycles. The minimum absolute atomic E-state index is 0.0898. The molecule has 0 aromatic heterocycles. The molecule has 0 heterocycles. The highest BCUT2D eigenvalue weighted by Gasteiger charge is 2.12. The van der Waals surface area contributed by atoms with Crippen LogP contribution in [0.4, 0.5) is 5.69 Å². The predicted molar refractivity (Wildman–Crippen MR) is 88.9 cm³/mol. The number of hydrazone groups is 1. The molecule has 0 aliphatic carbocycles. The van der Waals surface area contributed by atoms with E-state index < -0.39 is 10.8 Å². The van der Waals surface area contributed by atoms with Crippen LogP contribution < -0.4 is 10.2 Å². The molecular formula is C15H12BrN3O4. The Morgan fingerprint density at radius 2 is 2.09 bits per heavy atom. The van der Waals surface area contributed by atoms with Gasteiger partial charge in [-0.2, -0.15) is 5.10 Å². The fraction of sp³-hybridized carbons (Fsp3) is 0.0667. The van der Waals surface area contributed by atoms with Crippen LogP contribution in [0.1, 0.15) is 15.9 Å². The molecule has 0 fully saturated rings. The number of nitrogens with one attached hydrogen (secondary N) is 1. The van der Waals surface area contributed by atoms with E-state index in [4.69, 9.17) is 4.74 Å². The van der Waals surface area contributed by atoms with Crippen molar-refractivity contribution in [1.29, 1.82) is 0 Å². The van der Waals surface area contributed by atoms with Crippen LogP contribution in [0.3, 0.4) is 0 Å². The van der Waals surface area contributed by atoms with Crippen molar-refractivity contribution in [3.63, 3.8) is 0 Å². The van der Waals surface area contributed by atoms with Crippen LogP contribution in [0.2, 0.25) is 0 Å². The predicted octanol–water partition coefficient (Wildman–Crippen LogP) is 3.13. The fourth-order valence-corrected chi connectivity index (χ4v) is 2.22. The SMILES string of the molecule is COc1ccc(Br)c(C(=O)N/N=C/c2ccccc2[N+](=O)[O-])c1. The van der Waals surface area contributed by atoms with Gasteiger partial charge < -0.3 is 4.74 Å². The second kappa shape index (κ2) is 7.50. The summed E-state index contributed by atoms with van der Waals surface area (Å²) < 4.78 is 5.64. The van der Waals surface area contributed by atoms with Gasteiger partial charge in [-0.05, 0) is 40.2 Å². The van der Waals surface area contributed by atoms with E-state index in [2.05, 4.69) is 26.5 Å². The summed E-state index contributed by atoms with van der Waals surface area (Å²) in [4.78, 5) is 22.5. The number of para-hydroxylation sites is 1. The second-order valence-corrected chi connectivity index (χ2v) is 5.22. The lowest BCUT2D eigenvalue weighted by molar-refractivity contribution is -0.385. The van der Waals surface area contributed by atoms with Gasteiger partial charge >= 0.3 is 0 Å². The summed E-state index contributed by atoms with van der Waals surface area (Å²) in [5.74, 6) is 0.0617. The maximum Gasteiger partial charge on any atom is 0.278 e. The van der Waals surface area contributed by atoms with Crippen LogP contribution in [0.15, 0.2) is 52.0 Å². The Labute approximate surface area is 140 Å². The Bertz CT molecular complexity index is 777. The maximum atomic E-state index is 12.1. The number of benzene rings is 2. The molecule has 0 saturated heterocycles. The molecule has 2 rings (SSSR count). The number of hydrogen-bond donors (Lipinski definition) is 1. The average molecular weight is 378 g/mol. The molecule has 0 aliphatic heterocycles. The van der Waals surface area contributed by atoms with Crippen LogP contribution in [0.5, 0.6) is 5.75 Å². The zero-order valence-corrected chi connectivity index (χ0v) is 13.6. The van der Waals surface area contributed by atoms with Crippen LogP contribution >= 0.6 is 15.9 Å². The van der Waals surface area contributed by atoms with Crippen LogP contribution in [-0.2, 0) is 0 Å². The summed E-state index contributed by atoms with van der Waals surface area (Å²) in [5.41, 5.74) is 2.87. The van der Waals surface area contributed by atoms with Gasteiger partial charge in [0.1, 0.15) is 5.75 Å². The highest BCUT2D eigenvalue weighted by Crippen LogP contribution is 2.22. The molecule has 0 spiro atoms. The van der Waals surface area contributed by atoms with E-state index in [0.29, 0.717) is 21.3 Å². The lowest BCUT2D eigenvalue weighted by atomic mass is 10.2. The van der Waals surface area contributed by atoms with Crippen molar-refractivity contribution < 1.29 is 14.5 Å². The van der Waals surface area contributed by atoms with E-state index >= 15 is 0 Å². The van der Waals surface area contributed by atoms with Crippen LogP contribution in [0, 0.1) is 10.1 Å². The zero-order chi connectivity index (χ0) is 16.8. The first-order chi connectivity index (χ1) is 11.0. The second-order valence-electron chi connectivity index (χ2n) is 4.36. The van der Waals surface area contributed by atoms with E-state index in [1.54, 1.807) is 30.3 Å². The Morgan fingerprint density at radius 3 is 2.78 bits per heavy atom.